The van der Waals surface area contributed by atoms with Crippen molar-refractivity contribution in [3.8, 4) is 23.0 Å². The van der Waals surface area contributed by atoms with Crippen LogP contribution < -0.4 is 9.64 Å². The number of hydrogen-bond acceptors (Lipinski definition) is 8. The zero-order valence-corrected chi connectivity index (χ0v) is 26.8. The molecule has 3 unspecified atom stereocenters. The molecule has 8 nitrogen and oxygen atoms in total. The standard InChI is InChI=1S/C27H27ClF2N4O3.C7H12FN/c1-3-17-20(29)6-5-15-9-16(36)10-18(21(15)17)23-22(30)24-19(11-31-23)25(33-26(32-24)37-2)34-8-4-7-27(12-28,13-34)14-35;8-6-4-7-2-1-3-9(7)5-6/h5-6,9-11,35-36H,3-4,7-8,12-14H2,1-2H3;6-7H,1-5H2. The second-order valence-electron chi connectivity index (χ2n) is 12.6. The third-order valence-electron chi connectivity index (χ3n) is 9.63. The normalized spacial score (nSPS) is 23.1. The first-order chi connectivity index (χ1) is 22.2. The molecule has 7 rings (SSSR count). The van der Waals surface area contributed by atoms with Crippen LogP contribution in [0.25, 0.3) is 32.9 Å². The zero-order valence-electron chi connectivity index (χ0n) is 26.1. The van der Waals surface area contributed by atoms with Crippen molar-refractivity contribution in [1.82, 2.24) is 19.9 Å². The number of methoxy groups -OCH3 is 1. The molecule has 3 aliphatic heterocycles. The summed E-state index contributed by atoms with van der Waals surface area (Å²) in [6.45, 7) is 4.66. The number of benzene rings is 2. The first-order valence-electron chi connectivity index (χ1n) is 15.9. The van der Waals surface area contributed by atoms with E-state index in [9.17, 15) is 19.0 Å². The number of piperidine rings is 1. The van der Waals surface area contributed by atoms with Crippen molar-refractivity contribution in [3.05, 3.63) is 47.7 Å². The Bertz CT molecular complexity index is 1730. The van der Waals surface area contributed by atoms with Gasteiger partial charge in [0.2, 0.25) is 0 Å². The summed E-state index contributed by atoms with van der Waals surface area (Å²) < 4.78 is 48.8. The maximum atomic E-state index is 16.2. The number of hydrogen-bond donors (Lipinski definition) is 2. The summed E-state index contributed by atoms with van der Waals surface area (Å²) in [6, 6.07) is 6.38. The number of halogens is 4. The van der Waals surface area contributed by atoms with Gasteiger partial charge in [0.05, 0.1) is 19.1 Å². The summed E-state index contributed by atoms with van der Waals surface area (Å²) in [6.07, 6.45) is 6.21. The number of phenols is 1. The minimum absolute atomic E-state index is 0.0103. The maximum absolute atomic E-state index is 16.2. The molecule has 2 aromatic heterocycles. The van der Waals surface area contributed by atoms with Crippen LogP contribution >= 0.6 is 11.6 Å². The van der Waals surface area contributed by atoms with E-state index in [0.717, 1.165) is 25.8 Å². The van der Waals surface area contributed by atoms with Crippen LogP contribution in [0.5, 0.6) is 11.8 Å². The fraction of sp³-hybridized carbons (Fsp3) is 0.500. The smallest absolute Gasteiger partial charge is 0.318 e. The minimum Gasteiger partial charge on any atom is -0.508 e. The highest BCUT2D eigenvalue weighted by atomic mass is 35.5. The Morgan fingerprint density at radius 2 is 1.98 bits per heavy atom. The number of aryl methyl sites for hydroxylation is 1. The number of rotatable bonds is 6. The van der Waals surface area contributed by atoms with Crippen LogP contribution in [0.1, 0.15) is 44.6 Å². The molecule has 0 saturated carbocycles. The molecule has 3 saturated heterocycles. The van der Waals surface area contributed by atoms with E-state index < -0.39 is 23.2 Å². The summed E-state index contributed by atoms with van der Waals surface area (Å²) in [5.74, 6) is -0.527. The van der Waals surface area contributed by atoms with Crippen molar-refractivity contribution in [1.29, 1.82) is 0 Å². The lowest BCUT2D eigenvalue weighted by atomic mass is 9.82. The molecule has 5 heterocycles. The molecule has 12 heteroatoms. The lowest BCUT2D eigenvalue weighted by Crippen LogP contribution is -2.47. The Labute approximate surface area is 271 Å². The van der Waals surface area contributed by atoms with Gasteiger partial charge in [-0.05, 0) is 79.6 Å². The Hall–Kier alpha value is -3.41. The molecule has 0 spiro atoms. The van der Waals surface area contributed by atoms with Crippen molar-refractivity contribution in [2.75, 3.05) is 50.7 Å². The monoisotopic (exact) mass is 657 g/mol. The average molecular weight is 658 g/mol. The molecule has 0 radical (unpaired) electrons. The zero-order chi connectivity index (χ0) is 32.6. The van der Waals surface area contributed by atoms with Gasteiger partial charge in [-0.3, -0.25) is 9.88 Å². The number of pyridine rings is 1. The highest BCUT2D eigenvalue weighted by Gasteiger charge is 2.36. The van der Waals surface area contributed by atoms with Crippen LogP contribution in [0.15, 0.2) is 30.5 Å². The number of aliphatic hydroxyl groups excluding tert-OH is 1. The molecule has 2 aromatic carbocycles. The van der Waals surface area contributed by atoms with E-state index in [-0.39, 0.29) is 41.0 Å². The van der Waals surface area contributed by atoms with Gasteiger partial charge >= 0.3 is 6.01 Å². The lowest BCUT2D eigenvalue weighted by molar-refractivity contribution is 0.126. The predicted octanol–water partition coefficient (Wildman–Crippen LogP) is 6.41. The first-order valence-corrected chi connectivity index (χ1v) is 16.4. The molecule has 246 valence electrons. The molecule has 3 aliphatic rings. The van der Waals surface area contributed by atoms with Gasteiger partial charge in [-0.1, -0.05) is 13.0 Å². The van der Waals surface area contributed by atoms with E-state index in [4.69, 9.17) is 16.3 Å². The number of aromatic nitrogens is 3. The molecule has 3 atom stereocenters. The number of aliphatic hydroxyl groups is 1. The fourth-order valence-electron chi connectivity index (χ4n) is 7.27. The Morgan fingerprint density at radius 1 is 1.15 bits per heavy atom. The molecule has 4 aromatic rings. The van der Waals surface area contributed by atoms with Crippen molar-refractivity contribution in [2.24, 2.45) is 5.41 Å². The highest BCUT2D eigenvalue weighted by Crippen LogP contribution is 2.40. The van der Waals surface area contributed by atoms with Crippen LogP contribution in [0.3, 0.4) is 0 Å². The number of alkyl halides is 2. The number of phenolic OH excluding ortho intramolecular Hbond substituents is 1. The van der Waals surface area contributed by atoms with Crippen molar-refractivity contribution >= 4 is 39.1 Å². The van der Waals surface area contributed by atoms with Gasteiger partial charge < -0.3 is 19.8 Å². The second-order valence-corrected chi connectivity index (χ2v) is 12.9. The van der Waals surface area contributed by atoms with Crippen LogP contribution in [0.2, 0.25) is 0 Å². The van der Waals surface area contributed by atoms with Crippen molar-refractivity contribution < 1.29 is 28.1 Å². The van der Waals surface area contributed by atoms with E-state index in [1.807, 2.05) is 11.8 Å². The summed E-state index contributed by atoms with van der Waals surface area (Å²) in [5.41, 5.74) is 0.0965. The molecule has 0 aliphatic carbocycles. The number of anilines is 1. The Balaban J connectivity index is 0.000000352. The summed E-state index contributed by atoms with van der Waals surface area (Å²) in [7, 11) is 1.40. The average Bonchev–Trinajstić information content (AvgIpc) is 3.65. The largest absolute Gasteiger partial charge is 0.508 e. The van der Waals surface area contributed by atoms with Gasteiger partial charge in [-0.15, -0.1) is 11.6 Å². The number of aromatic hydroxyl groups is 1. The van der Waals surface area contributed by atoms with Gasteiger partial charge in [-0.2, -0.15) is 9.97 Å². The second kappa shape index (κ2) is 13.4. The Kier molecular flexibility index (Phi) is 9.45. The van der Waals surface area contributed by atoms with Gasteiger partial charge in [-0.25, -0.2) is 13.2 Å². The van der Waals surface area contributed by atoms with Crippen LogP contribution in [-0.2, 0) is 6.42 Å². The maximum Gasteiger partial charge on any atom is 0.318 e. The SMILES string of the molecule is CCc1c(F)ccc2cc(O)cc(-c3ncc4c(N5CCCC(CO)(CCl)C5)nc(OC)nc4c3F)c12.FC1CC2CCCN2C1. The van der Waals surface area contributed by atoms with Crippen molar-refractivity contribution in [3.63, 3.8) is 0 Å². The van der Waals surface area contributed by atoms with Gasteiger partial charge in [0.1, 0.15) is 34.8 Å². The third kappa shape index (κ3) is 6.04. The number of nitrogens with zero attached hydrogens (tertiary/aromatic N) is 5. The third-order valence-corrected chi connectivity index (χ3v) is 10.2. The molecule has 2 N–H and O–H groups in total. The molecule has 46 heavy (non-hydrogen) atoms. The lowest BCUT2D eigenvalue weighted by Gasteiger charge is -2.41. The molecule has 0 bridgehead atoms. The van der Waals surface area contributed by atoms with Crippen molar-refractivity contribution in [2.45, 2.75) is 57.7 Å². The summed E-state index contributed by atoms with van der Waals surface area (Å²) in [5, 5.41) is 21.8. The van der Waals surface area contributed by atoms with Gasteiger partial charge in [0.25, 0.3) is 0 Å². The van der Waals surface area contributed by atoms with Crippen LogP contribution in [0, 0.1) is 17.0 Å². The van der Waals surface area contributed by atoms with Gasteiger partial charge in [0.15, 0.2) is 5.82 Å². The van der Waals surface area contributed by atoms with E-state index in [0.29, 0.717) is 59.6 Å². The molecule has 3 fully saturated rings. The van der Waals surface area contributed by atoms with E-state index in [2.05, 4.69) is 19.9 Å². The minimum atomic E-state index is -0.736. The molecular weight excluding hydrogens is 619 g/mol. The molecule has 0 amide bonds. The predicted molar refractivity (Wildman–Crippen MR) is 174 cm³/mol. The van der Waals surface area contributed by atoms with E-state index >= 15 is 4.39 Å². The topological polar surface area (TPSA) is 94.8 Å². The van der Waals surface area contributed by atoms with Gasteiger partial charge in [0, 0.05) is 48.7 Å². The van der Waals surface area contributed by atoms with E-state index in [1.165, 1.54) is 44.3 Å². The highest BCUT2D eigenvalue weighted by molar-refractivity contribution is 6.18. The first kappa shape index (κ1) is 32.5. The number of fused-ring (bicyclic) bond motifs is 3. The van der Waals surface area contributed by atoms with E-state index in [1.54, 1.807) is 6.07 Å². The molecular formula is C34H39ClF3N5O3. The Morgan fingerprint density at radius 3 is 2.70 bits per heavy atom. The number of ether oxygens (including phenoxy) is 1. The van der Waals surface area contributed by atoms with Crippen LogP contribution in [0.4, 0.5) is 19.0 Å². The van der Waals surface area contributed by atoms with Crippen LogP contribution in [-0.4, -0.2) is 88.1 Å². The summed E-state index contributed by atoms with van der Waals surface area (Å²) >= 11 is 6.21. The quantitative estimate of drug-likeness (QED) is 0.230. The fourth-order valence-corrected chi connectivity index (χ4v) is 7.57. The summed E-state index contributed by atoms with van der Waals surface area (Å²) in [4.78, 5) is 17.4.